The molecular weight excluding hydrogens is 322 g/mol. The monoisotopic (exact) mass is 347 g/mol. The molecule has 24 heavy (non-hydrogen) atoms. The van der Waals surface area contributed by atoms with Crippen LogP contribution < -0.4 is 0 Å². The van der Waals surface area contributed by atoms with Crippen molar-refractivity contribution in [1.29, 1.82) is 0 Å². The Bertz CT molecular complexity index is 676. The molecular formula is C17H25N5OS. The fourth-order valence-electron chi connectivity index (χ4n) is 2.69. The molecule has 1 unspecified atom stereocenters. The molecule has 1 atom stereocenters. The molecule has 0 aromatic carbocycles. The summed E-state index contributed by atoms with van der Waals surface area (Å²) in [6, 6.07) is 4.16. The average molecular weight is 347 g/mol. The number of carbonyl (C=O) groups excluding carboxylic acids is 1. The van der Waals surface area contributed by atoms with Crippen LogP contribution in [0.15, 0.2) is 29.7 Å². The first-order valence-electron chi connectivity index (χ1n) is 8.11. The fraction of sp³-hybridized carbons (Fsp3) is 0.529. The van der Waals surface area contributed by atoms with Crippen molar-refractivity contribution in [3.63, 3.8) is 0 Å². The van der Waals surface area contributed by atoms with E-state index in [0.29, 0.717) is 0 Å². The Kier molecular flexibility index (Phi) is 5.99. The molecule has 2 heterocycles. The van der Waals surface area contributed by atoms with Crippen molar-refractivity contribution in [1.82, 2.24) is 24.6 Å². The molecule has 0 aliphatic rings. The summed E-state index contributed by atoms with van der Waals surface area (Å²) in [5.74, 6) is 0.866. The third-order valence-electron chi connectivity index (χ3n) is 3.75. The Morgan fingerprint density at radius 2 is 1.83 bits per heavy atom. The summed E-state index contributed by atoms with van der Waals surface area (Å²) in [6.07, 6.45) is 3.48. The summed E-state index contributed by atoms with van der Waals surface area (Å²) in [7, 11) is 1.91. The summed E-state index contributed by atoms with van der Waals surface area (Å²) in [4.78, 5) is 18.8. The average Bonchev–Trinajstić information content (AvgIpc) is 2.88. The molecule has 0 saturated heterocycles. The van der Waals surface area contributed by atoms with E-state index in [4.69, 9.17) is 0 Å². The van der Waals surface area contributed by atoms with Gasteiger partial charge in [-0.05, 0) is 46.8 Å². The van der Waals surface area contributed by atoms with Gasteiger partial charge in [0.05, 0.1) is 5.25 Å². The minimum Gasteiger partial charge on any atom is -0.337 e. The summed E-state index contributed by atoms with van der Waals surface area (Å²) in [5.41, 5.74) is 0.907. The van der Waals surface area contributed by atoms with Crippen LogP contribution in [0.1, 0.15) is 34.6 Å². The van der Waals surface area contributed by atoms with Crippen molar-refractivity contribution < 1.29 is 4.79 Å². The van der Waals surface area contributed by atoms with E-state index < -0.39 is 0 Å². The number of hydrogen-bond donors (Lipinski definition) is 0. The quantitative estimate of drug-likeness (QED) is 0.752. The summed E-state index contributed by atoms with van der Waals surface area (Å²) < 4.78 is 1.90. The van der Waals surface area contributed by atoms with Gasteiger partial charge in [-0.3, -0.25) is 9.78 Å². The summed E-state index contributed by atoms with van der Waals surface area (Å²) >= 11 is 1.43. The second kappa shape index (κ2) is 7.79. The van der Waals surface area contributed by atoms with Gasteiger partial charge < -0.3 is 9.47 Å². The van der Waals surface area contributed by atoms with E-state index in [1.807, 2.05) is 63.3 Å². The molecule has 0 radical (unpaired) electrons. The number of aromatic nitrogens is 4. The summed E-state index contributed by atoms with van der Waals surface area (Å²) in [6.45, 7) is 10.1. The third-order valence-corrected chi connectivity index (χ3v) is 4.87. The van der Waals surface area contributed by atoms with Gasteiger partial charge in [0.2, 0.25) is 5.91 Å². The van der Waals surface area contributed by atoms with Crippen LogP contribution >= 0.6 is 11.8 Å². The van der Waals surface area contributed by atoms with Gasteiger partial charge in [0.25, 0.3) is 0 Å². The zero-order chi connectivity index (χ0) is 17.9. The molecule has 2 aromatic rings. The highest BCUT2D eigenvalue weighted by atomic mass is 32.2. The number of pyridine rings is 1. The zero-order valence-electron chi connectivity index (χ0n) is 15.1. The Balaban J connectivity index is 2.17. The van der Waals surface area contributed by atoms with Crippen molar-refractivity contribution in [3.8, 4) is 11.4 Å². The highest BCUT2D eigenvalue weighted by Gasteiger charge is 2.27. The minimum absolute atomic E-state index is 0.121. The topological polar surface area (TPSA) is 63.9 Å². The van der Waals surface area contributed by atoms with Crippen LogP contribution in [-0.4, -0.2) is 47.9 Å². The first kappa shape index (κ1) is 18.4. The van der Waals surface area contributed by atoms with Crippen molar-refractivity contribution in [2.75, 3.05) is 0 Å². The van der Waals surface area contributed by atoms with E-state index in [2.05, 4.69) is 15.2 Å². The van der Waals surface area contributed by atoms with Gasteiger partial charge in [-0.1, -0.05) is 11.8 Å². The lowest BCUT2D eigenvalue weighted by atomic mass is 10.2. The van der Waals surface area contributed by atoms with E-state index in [9.17, 15) is 4.79 Å². The fourth-order valence-corrected chi connectivity index (χ4v) is 3.56. The second-order valence-corrected chi connectivity index (χ2v) is 7.61. The van der Waals surface area contributed by atoms with Crippen molar-refractivity contribution in [3.05, 3.63) is 24.5 Å². The lowest BCUT2D eigenvalue weighted by Crippen LogP contribution is -2.45. The molecule has 2 aromatic heterocycles. The predicted molar refractivity (Wildman–Crippen MR) is 96.7 cm³/mol. The normalized spacial score (nSPS) is 12.7. The van der Waals surface area contributed by atoms with Crippen LogP contribution in [0.2, 0.25) is 0 Å². The molecule has 2 rings (SSSR count). The van der Waals surface area contributed by atoms with Crippen LogP contribution in [0, 0.1) is 0 Å². The number of thioether (sulfide) groups is 1. The number of hydrogen-bond acceptors (Lipinski definition) is 5. The molecule has 0 aliphatic heterocycles. The first-order chi connectivity index (χ1) is 11.3. The van der Waals surface area contributed by atoms with Crippen LogP contribution in [0.5, 0.6) is 0 Å². The molecule has 0 spiro atoms. The SMILES string of the molecule is CC(Sc1nnc(-c2cccnc2)n1C)C(=O)N(C(C)C)C(C)C. The highest BCUT2D eigenvalue weighted by molar-refractivity contribution is 8.00. The molecule has 0 aliphatic carbocycles. The number of carbonyl (C=O) groups is 1. The van der Waals surface area contributed by atoms with Crippen molar-refractivity contribution in [2.24, 2.45) is 7.05 Å². The van der Waals surface area contributed by atoms with Crippen LogP contribution in [0.25, 0.3) is 11.4 Å². The number of amides is 1. The van der Waals surface area contributed by atoms with Crippen molar-refractivity contribution in [2.45, 2.75) is 57.1 Å². The van der Waals surface area contributed by atoms with E-state index in [-0.39, 0.29) is 23.2 Å². The van der Waals surface area contributed by atoms with E-state index in [1.165, 1.54) is 11.8 Å². The Hall–Kier alpha value is -1.89. The third kappa shape index (κ3) is 3.95. The Labute approximate surface area is 147 Å². The zero-order valence-corrected chi connectivity index (χ0v) is 15.9. The molecule has 0 fully saturated rings. The van der Waals surface area contributed by atoms with Crippen LogP contribution in [-0.2, 0) is 11.8 Å². The van der Waals surface area contributed by atoms with Crippen LogP contribution in [0.3, 0.4) is 0 Å². The molecule has 0 N–H and O–H groups in total. The summed E-state index contributed by atoms with van der Waals surface area (Å²) in [5, 5.41) is 8.98. The van der Waals surface area contributed by atoms with Gasteiger partial charge in [-0.2, -0.15) is 0 Å². The standard InChI is InChI=1S/C17H25N5OS/c1-11(2)22(12(3)4)16(23)13(5)24-17-20-19-15(21(17)6)14-8-7-9-18-10-14/h7-13H,1-6H3. The highest BCUT2D eigenvalue weighted by Crippen LogP contribution is 2.27. The van der Waals surface area contributed by atoms with Gasteiger partial charge in [0.15, 0.2) is 11.0 Å². The minimum atomic E-state index is -0.223. The predicted octanol–water partition coefficient (Wildman–Crippen LogP) is 3.00. The number of rotatable bonds is 6. The molecule has 0 saturated carbocycles. The van der Waals surface area contributed by atoms with Gasteiger partial charge in [-0.15, -0.1) is 10.2 Å². The van der Waals surface area contributed by atoms with Crippen LogP contribution in [0.4, 0.5) is 0 Å². The molecule has 7 heteroatoms. The van der Waals surface area contributed by atoms with E-state index in [1.54, 1.807) is 12.4 Å². The maximum atomic E-state index is 12.8. The lowest BCUT2D eigenvalue weighted by molar-refractivity contribution is -0.133. The maximum absolute atomic E-state index is 12.8. The molecule has 0 bridgehead atoms. The molecule has 6 nitrogen and oxygen atoms in total. The van der Waals surface area contributed by atoms with Crippen molar-refractivity contribution >= 4 is 17.7 Å². The first-order valence-corrected chi connectivity index (χ1v) is 8.99. The molecule has 1 amide bonds. The number of nitrogens with zero attached hydrogens (tertiary/aromatic N) is 5. The van der Waals surface area contributed by atoms with E-state index in [0.717, 1.165) is 16.5 Å². The van der Waals surface area contributed by atoms with Gasteiger partial charge in [-0.25, -0.2) is 0 Å². The lowest BCUT2D eigenvalue weighted by Gasteiger charge is -2.32. The van der Waals surface area contributed by atoms with Gasteiger partial charge in [0, 0.05) is 37.1 Å². The Morgan fingerprint density at radius 1 is 1.17 bits per heavy atom. The Morgan fingerprint density at radius 3 is 2.38 bits per heavy atom. The van der Waals surface area contributed by atoms with Gasteiger partial charge in [0.1, 0.15) is 0 Å². The molecule has 130 valence electrons. The second-order valence-electron chi connectivity index (χ2n) is 6.30. The maximum Gasteiger partial charge on any atom is 0.236 e. The van der Waals surface area contributed by atoms with Gasteiger partial charge >= 0.3 is 0 Å². The largest absolute Gasteiger partial charge is 0.337 e. The smallest absolute Gasteiger partial charge is 0.236 e. The van der Waals surface area contributed by atoms with E-state index >= 15 is 0 Å².